The van der Waals surface area contributed by atoms with Gasteiger partial charge < -0.3 is 10.6 Å². The summed E-state index contributed by atoms with van der Waals surface area (Å²) in [5, 5.41) is 17.4. The summed E-state index contributed by atoms with van der Waals surface area (Å²) in [6.45, 7) is 0. The van der Waals surface area contributed by atoms with Crippen LogP contribution < -0.4 is 10.6 Å². The van der Waals surface area contributed by atoms with E-state index in [2.05, 4.69) is 10.6 Å². The lowest BCUT2D eigenvalue weighted by Gasteiger charge is -2.11. The minimum absolute atomic E-state index is 0.102. The van der Waals surface area contributed by atoms with E-state index < -0.39 is 0 Å². The van der Waals surface area contributed by atoms with Gasteiger partial charge in [0.05, 0.1) is 0 Å². The molecule has 0 radical (unpaired) electrons. The maximum Gasteiger partial charge on any atom is 0.263 e. The van der Waals surface area contributed by atoms with Crippen LogP contribution in [0.3, 0.4) is 0 Å². The first kappa shape index (κ1) is 15.1. The van der Waals surface area contributed by atoms with Gasteiger partial charge >= 0.3 is 0 Å². The molecule has 0 unspecified atom stereocenters. The second-order valence-corrected chi connectivity index (χ2v) is 5.83. The fraction of sp³-hybridized carbons (Fsp3) is 0.263. The van der Waals surface area contributed by atoms with Crippen LogP contribution in [0, 0.1) is 11.3 Å². The van der Waals surface area contributed by atoms with E-state index in [9.17, 15) is 10.1 Å². The number of nitrogens with one attached hydrogen (secondary N) is 2. The van der Waals surface area contributed by atoms with Crippen LogP contribution in [0.4, 0.5) is 5.69 Å². The van der Waals surface area contributed by atoms with Gasteiger partial charge in [0.25, 0.3) is 5.91 Å². The molecule has 1 fully saturated rings. The highest BCUT2D eigenvalue weighted by atomic mass is 16.1. The molecule has 0 aromatic heterocycles. The third-order valence-corrected chi connectivity index (χ3v) is 4.19. The Bertz CT molecular complexity index is 783. The lowest BCUT2D eigenvalue weighted by molar-refractivity contribution is -0.117. The van der Waals surface area contributed by atoms with Gasteiger partial charge in [-0.3, -0.25) is 4.79 Å². The number of carbonyl (C=O) groups excluding carboxylic acids is 1. The molecule has 1 saturated carbocycles. The first-order chi connectivity index (χ1) is 11.3. The average Bonchev–Trinajstić information content (AvgIpc) is 3.08. The van der Waals surface area contributed by atoms with Crippen LogP contribution in [0.5, 0.6) is 0 Å². The molecule has 116 valence electrons. The smallest absolute Gasteiger partial charge is 0.263 e. The van der Waals surface area contributed by atoms with Crippen LogP contribution in [0.2, 0.25) is 0 Å². The van der Waals surface area contributed by atoms with Crippen molar-refractivity contribution >= 4 is 22.4 Å². The zero-order chi connectivity index (χ0) is 16.1. The van der Waals surface area contributed by atoms with Crippen LogP contribution in [0.25, 0.3) is 10.8 Å². The number of fused-ring (bicyclic) bond motifs is 1. The largest absolute Gasteiger partial charge is 0.360 e. The first-order valence-electron chi connectivity index (χ1n) is 7.93. The van der Waals surface area contributed by atoms with Crippen molar-refractivity contribution in [3.63, 3.8) is 0 Å². The number of anilines is 1. The lowest BCUT2D eigenvalue weighted by atomic mass is 10.1. The summed E-state index contributed by atoms with van der Waals surface area (Å²) >= 11 is 0. The van der Waals surface area contributed by atoms with Crippen molar-refractivity contribution in [2.75, 3.05) is 5.32 Å². The molecule has 3 rings (SSSR count). The second-order valence-electron chi connectivity index (χ2n) is 5.83. The van der Waals surface area contributed by atoms with E-state index in [1.54, 1.807) is 0 Å². The molecule has 1 amide bonds. The molecule has 0 heterocycles. The van der Waals surface area contributed by atoms with Gasteiger partial charge in [0.15, 0.2) is 0 Å². The summed E-state index contributed by atoms with van der Waals surface area (Å²) < 4.78 is 0. The summed E-state index contributed by atoms with van der Waals surface area (Å²) in [4.78, 5) is 12.1. The lowest BCUT2D eigenvalue weighted by Crippen LogP contribution is -2.33. The van der Waals surface area contributed by atoms with Crippen LogP contribution in [-0.4, -0.2) is 11.9 Å². The normalized spacial score (nSPS) is 15.3. The van der Waals surface area contributed by atoms with Gasteiger partial charge in [0.2, 0.25) is 0 Å². The van der Waals surface area contributed by atoms with Crippen molar-refractivity contribution in [1.82, 2.24) is 5.32 Å². The van der Waals surface area contributed by atoms with Crippen molar-refractivity contribution in [3.05, 3.63) is 54.2 Å². The zero-order valence-corrected chi connectivity index (χ0v) is 12.9. The maximum atomic E-state index is 12.1. The Morgan fingerprint density at radius 1 is 1.13 bits per heavy atom. The van der Waals surface area contributed by atoms with E-state index in [0.717, 1.165) is 42.1 Å². The van der Waals surface area contributed by atoms with Crippen LogP contribution in [0.15, 0.2) is 54.2 Å². The van der Waals surface area contributed by atoms with E-state index in [0.29, 0.717) is 0 Å². The number of nitrogens with zero attached hydrogens (tertiary/aromatic N) is 1. The van der Waals surface area contributed by atoms with E-state index in [-0.39, 0.29) is 17.5 Å². The van der Waals surface area contributed by atoms with Gasteiger partial charge in [-0.1, -0.05) is 43.2 Å². The molecule has 4 nitrogen and oxygen atoms in total. The van der Waals surface area contributed by atoms with E-state index in [1.165, 1.54) is 6.20 Å². The van der Waals surface area contributed by atoms with Crippen molar-refractivity contribution < 1.29 is 4.79 Å². The standard InChI is InChI=1S/C19H19N3O/c20-12-16(19(23)22-17-7-3-4-8-17)13-21-18-10-9-14-5-1-2-6-15(14)11-18/h1-2,5-6,9-11,13,17,21H,3-4,7-8H2,(H,22,23)/b16-13-. The number of carbonyl (C=O) groups is 1. The van der Waals surface area contributed by atoms with E-state index >= 15 is 0 Å². The summed E-state index contributed by atoms with van der Waals surface area (Å²) in [7, 11) is 0. The minimum atomic E-state index is -0.298. The number of benzene rings is 2. The number of amides is 1. The van der Waals surface area contributed by atoms with Crippen molar-refractivity contribution in [2.45, 2.75) is 31.7 Å². The molecule has 2 N–H and O–H groups in total. The van der Waals surface area contributed by atoms with Crippen LogP contribution in [0.1, 0.15) is 25.7 Å². The molecule has 0 saturated heterocycles. The summed E-state index contributed by atoms with van der Waals surface area (Å²) in [6.07, 6.45) is 5.78. The molecule has 0 aliphatic heterocycles. The van der Waals surface area contributed by atoms with Gasteiger partial charge in [-0.05, 0) is 35.7 Å². The second kappa shape index (κ2) is 6.97. The third kappa shape index (κ3) is 3.70. The topological polar surface area (TPSA) is 64.9 Å². The van der Waals surface area contributed by atoms with Gasteiger partial charge in [-0.2, -0.15) is 5.26 Å². The van der Waals surface area contributed by atoms with Crippen molar-refractivity contribution in [2.24, 2.45) is 0 Å². The van der Waals surface area contributed by atoms with Gasteiger partial charge in [0, 0.05) is 17.9 Å². The average molecular weight is 305 g/mol. The Balaban J connectivity index is 1.70. The molecule has 4 heteroatoms. The zero-order valence-electron chi connectivity index (χ0n) is 12.9. The quantitative estimate of drug-likeness (QED) is 0.668. The molecule has 0 bridgehead atoms. The Labute approximate surface area is 135 Å². The van der Waals surface area contributed by atoms with Crippen molar-refractivity contribution in [1.29, 1.82) is 5.26 Å². The monoisotopic (exact) mass is 305 g/mol. The Hall–Kier alpha value is -2.80. The SMILES string of the molecule is N#C/C(=C/Nc1ccc2ccccc2c1)C(=O)NC1CCCC1. The summed E-state index contributed by atoms with van der Waals surface area (Å²) in [5.41, 5.74) is 0.954. The fourth-order valence-corrected chi connectivity index (χ4v) is 2.92. The van der Waals surface area contributed by atoms with Gasteiger partial charge in [0.1, 0.15) is 11.6 Å². The molecule has 0 atom stereocenters. The van der Waals surface area contributed by atoms with Crippen LogP contribution >= 0.6 is 0 Å². The predicted octanol–water partition coefficient (Wildman–Crippen LogP) is 3.72. The van der Waals surface area contributed by atoms with Crippen molar-refractivity contribution in [3.8, 4) is 6.07 Å². The summed E-state index contributed by atoms with van der Waals surface area (Å²) in [6, 6.07) is 16.2. The fourth-order valence-electron chi connectivity index (χ4n) is 2.92. The summed E-state index contributed by atoms with van der Waals surface area (Å²) in [5.74, 6) is -0.298. The molecule has 2 aromatic carbocycles. The number of hydrogen-bond acceptors (Lipinski definition) is 3. The first-order valence-corrected chi connectivity index (χ1v) is 7.93. The highest BCUT2D eigenvalue weighted by Gasteiger charge is 2.19. The van der Waals surface area contributed by atoms with Gasteiger partial charge in [-0.15, -0.1) is 0 Å². The molecular weight excluding hydrogens is 286 g/mol. The Kier molecular flexibility index (Phi) is 4.58. The molecule has 0 spiro atoms. The number of hydrogen-bond donors (Lipinski definition) is 2. The minimum Gasteiger partial charge on any atom is -0.360 e. The Morgan fingerprint density at radius 3 is 2.61 bits per heavy atom. The number of nitriles is 1. The third-order valence-electron chi connectivity index (χ3n) is 4.19. The Morgan fingerprint density at radius 2 is 1.87 bits per heavy atom. The van der Waals surface area contributed by atoms with Crippen LogP contribution in [-0.2, 0) is 4.79 Å². The maximum absolute atomic E-state index is 12.1. The highest BCUT2D eigenvalue weighted by Crippen LogP contribution is 2.20. The predicted molar refractivity (Wildman–Crippen MR) is 91.7 cm³/mol. The molecular formula is C19H19N3O. The van der Waals surface area contributed by atoms with E-state index in [4.69, 9.17) is 0 Å². The van der Waals surface area contributed by atoms with E-state index in [1.807, 2.05) is 48.5 Å². The molecule has 23 heavy (non-hydrogen) atoms. The highest BCUT2D eigenvalue weighted by molar-refractivity contribution is 5.97. The van der Waals surface area contributed by atoms with Gasteiger partial charge in [-0.25, -0.2) is 0 Å². The molecule has 2 aromatic rings. The molecule has 1 aliphatic carbocycles. The number of rotatable bonds is 4. The molecule has 1 aliphatic rings.